The summed E-state index contributed by atoms with van der Waals surface area (Å²) in [6.07, 6.45) is 3.25. The van der Waals surface area contributed by atoms with Crippen LogP contribution < -0.4 is 15.1 Å². The van der Waals surface area contributed by atoms with E-state index in [0.29, 0.717) is 32.4 Å². The van der Waals surface area contributed by atoms with Gasteiger partial charge in [-0.1, -0.05) is 46.9 Å². The van der Waals surface area contributed by atoms with Crippen LogP contribution in [0.4, 0.5) is 11.4 Å². The lowest BCUT2D eigenvalue weighted by molar-refractivity contribution is -0.122. The molecule has 0 bridgehead atoms. The predicted octanol–water partition coefficient (Wildman–Crippen LogP) is 4.22. The zero-order valence-electron chi connectivity index (χ0n) is 23.2. The fraction of sp³-hybridized carbons (Fsp3) is 0.226. The molecule has 3 amide bonds. The van der Waals surface area contributed by atoms with E-state index in [1.165, 1.54) is 16.7 Å². The van der Waals surface area contributed by atoms with E-state index in [2.05, 4.69) is 10.3 Å². The van der Waals surface area contributed by atoms with E-state index in [-0.39, 0.29) is 23.9 Å². The fourth-order valence-corrected chi connectivity index (χ4v) is 8.14. The lowest BCUT2D eigenvalue weighted by Crippen LogP contribution is -2.33. The van der Waals surface area contributed by atoms with E-state index < -0.39 is 34.9 Å². The molecule has 1 N–H and O–H groups in total. The number of amides is 3. The predicted molar refractivity (Wildman–Crippen MR) is 162 cm³/mol. The van der Waals surface area contributed by atoms with Crippen LogP contribution in [0.15, 0.2) is 82.9 Å². The second-order valence-electron chi connectivity index (χ2n) is 10.1. The van der Waals surface area contributed by atoms with Crippen molar-refractivity contribution in [2.75, 3.05) is 16.8 Å². The third-order valence-corrected chi connectivity index (χ3v) is 9.97. The number of hydrogen-bond acceptors (Lipinski definition) is 9. The number of benzene rings is 2. The number of aromatic nitrogens is 2. The minimum Gasteiger partial charge on any atom is -0.462 e. The van der Waals surface area contributed by atoms with Crippen molar-refractivity contribution < 1.29 is 23.9 Å². The number of thiazole rings is 1. The Balaban J connectivity index is 1.35. The van der Waals surface area contributed by atoms with Crippen molar-refractivity contribution in [3.8, 4) is 0 Å². The molecule has 2 aromatic carbocycles. The van der Waals surface area contributed by atoms with Crippen molar-refractivity contribution in [1.82, 2.24) is 9.55 Å². The Labute approximate surface area is 254 Å². The van der Waals surface area contributed by atoms with Crippen LogP contribution in [0, 0.1) is 12.8 Å². The van der Waals surface area contributed by atoms with Crippen molar-refractivity contribution >= 4 is 58.2 Å². The summed E-state index contributed by atoms with van der Waals surface area (Å²) >= 11 is 2.11. The number of carbonyl (C=O) groups is 4. The second kappa shape index (κ2) is 11.6. The Kier molecular flexibility index (Phi) is 7.72. The molecule has 1 fully saturated rings. The lowest BCUT2D eigenvalue weighted by atomic mass is 9.84. The van der Waals surface area contributed by atoms with Gasteiger partial charge < -0.3 is 10.1 Å². The first kappa shape index (κ1) is 28.6. The van der Waals surface area contributed by atoms with Gasteiger partial charge in [0.15, 0.2) is 0 Å². The molecule has 0 saturated carbocycles. The average molecular weight is 615 g/mol. The topological polar surface area (TPSA) is 128 Å². The molecule has 2 aliphatic heterocycles. The standard InChI is InChI=1S/C31H26N4O6S2/c1-3-41-30(39)18-8-12-21(13-9-18)35-27(37)24-23(19-5-4-14-32-15-19)26-29(42-25(24)28(35)38)34(31(40)43-26)16-22(36)33-20-10-6-17(2)7-11-20/h4-15,23-25H,3,16H2,1-2H3,(H,33,36)/t23-,24-,25+/m0/s1. The highest BCUT2D eigenvalue weighted by Crippen LogP contribution is 2.53. The molecule has 0 aliphatic carbocycles. The van der Waals surface area contributed by atoms with Gasteiger partial charge in [-0.25, -0.2) is 9.69 Å². The average Bonchev–Trinajstić information content (AvgIpc) is 3.45. The number of fused-ring (bicyclic) bond motifs is 2. The SMILES string of the molecule is CCOC(=O)c1ccc(N2C(=O)[C@H]3[C@H](c4cccnc4)c4sc(=O)n(CC(=O)Nc5ccc(C)cc5)c4S[C@H]3C2=O)cc1. The summed E-state index contributed by atoms with van der Waals surface area (Å²) in [6, 6.07) is 17.0. The smallest absolute Gasteiger partial charge is 0.338 e. The zero-order valence-corrected chi connectivity index (χ0v) is 24.8. The molecule has 0 radical (unpaired) electrons. The first-order valence-corrected chi connectivity index (χ1v) is 15.3. The second-order valence-corrected chi connectivity index (χ2v) is 12.3. The summed E-state index contributed by atoms with van der Waals surface area (Å²) in [5.74, 6) is -3.14. The van der Waals surface area contributed by atoms with Gasteiger partial charge in [0.2, 0.25) is 17.7 Å². The number of esters is 1. The van der Waals surface area contributed by atoms with Crippen LogP contribution in [0.1, 0.15) is 39.2 Å². The van der Waals surface area contributed by atoms with Gasteiger partial charge in [-0.2, -0.15) is 0 Å². The summed E-state index contributed by atoms with van der Waals surface area (Å²) in [5.41, 5.74) is 2.99. The number of nitrogens with one attached hydrogen (secondary N) is 1. The highest BCUT2D eigenvalue weighted by molar-refractivity contribution is 8.00. The Bertz CT molecular complexity index is 1780. The molecule has 1 saturated heterocycles. The molecule has 6 rings (SSSR count). The van der Waals surface area contributed by atoms with Crippen molar-refractivity contribution in [3.63, 3.8) is 0 Å². The van der Waals surface area contributed by atoms with Gasteiger partial charge >= 0.3 is 10.8 Å². The van der Waals surface area contributed by atoms with E-state index in [1.54, 1.807) is 49.6 Å². The van der Waals surface area contributed by atoms with Gasteiger partial charge in [0.05, 0.1) is 28.8 Å². The Morgan fingerprint density at radius 3 is 2.42 bits per heavy atom. The molecule has 0 unspecified atom stereocenters. The summed E-state index contributed by atoms with van der Waals surface area (Å²) in [5, 5.41) is 2.47. The largest absolute Gasteiger partial charge is 0.462 e. The van der Waals surface area contributed by atoms with Crippen molar-refractivity contribution in [3.05, 3.63) is 104 Å². The van der Waals surface area contributed by atoms with Crippen molar-refractivity contribution in [2.24, 2.45) is 5.92 Å². The highest BCUT2D eigenvalue weighted by Gasteiger charge is 2.56. The molecule has 43 heavy (non-hydrogen) atoms. The van der Waals surface area contributed by atoms with Gasteiger partial charge in [0.25, 0.3) is 0 Å². The maximum atomic E-state index is 14.0. The maximum absolute atomic E-state index is 14.0. The number of aryl methyl sites for hydroxylation is 1. The number of imide groups is 1. The van der Waals surface area contributed by atoms with Crippen LogP contribution in [-0.4, -0.2) is 45.1 Å². The molecule has 4 aromatic rings. The number of thioether (sulfide) groups is 1. The van der Waals surface area contributed by atoms with Crippen LogP contribution >= 0.6 is 23.1 Å². The van der Waals surface area contributed by atoms with Crippen LogP contribution in [0.3, 0.4) is 0 Å². The van der Waals surface area contributed by atoms with Gasteiger partial charge in [0, 0.05) is 28.9 Å². The van der Waals surface area contributed by atoms with E-state index in [9.17, 15) is 24.0 Å². The summed E-state index contributed by atoms with van der Waals surface area (Å²) in [4.78, 5) is 71.9. The van der Waals surface area contributed by atoms with Gasteiger partial charge in [0.1, 0.15) is 11.8 Å². The normalized spacial score (nSPS) is 19.1. The third kappa shape index (κ3) is 5.28. The van der Waals surface area contributed by atoms with Crippen LogP contribution in [0.2, 0.25) is 0 Å². The molecule has 2 aromatic heterocycles. The molecule has 4 heterocycles. The monoisotopic (exact) mass is 614 g/mol. The Morgan fingerprint density at radius 1 is 1.00 bits per heavy atom. The van der Waals surface area contributed by atoms with E-state index in [0.717, 1.165) is 33.6 Å². The zero-order chi connectivity index (χ0) is 30.2. The number of hydrogen-bond donors (Lipinski definition) is 1. The van der Waals surface area contributed by atoms with Crippen molar-refractivity contribution in [1.29, 1.82) is 0 Å². The van der Waals surface area contributed by atoms with E-state index in [4.69, 9.17) is 4.74 Å². The summed E-state index contributed by atoms with van der Waals surface area (Å²) in [7, 11) is 0. The van der Waals surface area contributed by atoms with Gasteiger partial charge in [-0.05, 0) is 61.9 Å². The number of pyridine rings is 1. The minimum atomic E-state index is -0.838. The molecule has 2 aliphatic rings. The lowest BCUT2D eigenvalue weighted by Gasteiger charge is -2.30. The summed E-state index contributed by atoms with van der Waals surface area (Å²) < 4.78 is 6.42. The highest BCUT2D eigenvalue weighted by atomic mass is 32.2. The van der Waals surface area contributed by atoms with Crippen molar-refractivity contribution in [2.45, 2.75) is 36.6 Å². The minimum absolute atomic E-state index is 0.225. The van der Waals surface area contributed by atoms with Crippen LogP contribution in [0.5, 0.6) is 0 Å². The first-order valence-electron chi connectivity index (χ1n) is 13.6. The first-order chi connectivity index (χ1) is 20.8. The fourth-order valence-electron chi connectivity index (χ4n) is 5.37. The number of carbonyl (C=O) groups excluding carboxylic acids is 4. The molecule has 12 heteroatoms. The number of anilines is 2. The quantitative estimate of drug-likeness (QED) is 0.242. The van der Waals surface area contributed by atoms with E-state index in [1.807, 2.05) is 25.1 Å². The summed E-state index contributed by atoms with van der Waals surface area (Å²) in [6.45, 7) is 3.63. The number of ether oxygens (including phenoxy) is 1. The maximum Gasteiger partial charge on any atom is 0.338 e. The Hall–Kier alpha value is -4.55. The number of rotatable bonds is 7. The molecule has 0 spiro atoms. The van der Waals surface area contributed by atoms with E-state index >= 15 is 0 Å². The Morgan fingerprint density at radius 2 is 1.74 bits per heavy atom. The van der Waals surface area contributed by atoms with Crippen LogP contribution in [0.25, 0.3) is 0 Å². The molecule has 10 nitrogen and oxygen atoms in total. The van der Waals surface area contributed by atoms with Gasteiger partial charge in [-0.15, -0.1) is 0 Å². The number of nitrogens with zero attached hydrogens (tertiary/aromatic N) is 3. The molecular weight excluding hydrogens is 588 g/mol. The molecule has 3 atom stereocenters. The van der Waals surface area contributed by atoms with Gasteiger partial charge in [-0.3, -0.25) is 28.7 Å². The third-order valence-electron chi connectivity index (χ3n) is 7.37. The molecule has 218 valence electrons. The molecular formula is C31H26N4O6S2. The van der Waals surface area contributed by atoms with Crippen LogP contribution in [-0.2, 0) is 25.7 Å².